The molecular weight excluding hydrogens is 204 g/mol. The van der Waals surface area contributed by atoms with Crippen molar-refractivity contribution in [3.8, 4) is 0 Å². The maximum Gasteiger partial charge on any atom is 0.323 e. The summed E-state index contributed by atoms with van der Waals surface area (Å²) < 4.78 is 0. The highest BCUT2D eigenvalue weighted by atomic mass is 16.4. The molecule has 2 aliphatic heterocycles. The highest BCUT2D eigenvalue weighted by Gasteiger charge is 2.41. The number of carboxylic acid groups (broad SMARTS) is 1. The van der Waals surface area contributed by atoms with Crippen molar-refractivity contribution < 1.29 is 9.90 Å². The van der Waals surface area contributed by atoms with E-state index in [1.165, 1.54) is 19.3 Å². The first-order valence-corrected chi connectivity index (χ1v) is 6.29. The van der Waals surface area contributed by atoms with Crippen LogP contribution in [0, 0.1) is 11.8 Å². The zero-order chi connectivity index (χ0) is 11.6. The second-order valence-electron chi connectivity index (χ2n) is 5.52. The molecule has 2 heterocycles. The number of rotatable bonds is 3. The summed E-state index contributed by atoms with van der Waals surface area (Å²) in [7, 11) is 0. The largest absolute Gasteiger partial charge is 0.480 e. The molecule has 2 aliphatic rings. The minimum Gasteiger partial charge on any atom is -0.480 e. The van der Waals surface area contributed by atoms with Crippen LogP contribution in [-0.2, 0) is 4.79 Å². The molecule has 92 valence electrons. The van der Waals surface area contributed by atoms with Gasteiger partial charge >= 0.3 is 5.97 Å². The second-order valence-corrected chi connectivity index (χ2v) is 5.52. The molecule has 2 unspecified atom stereocenters. The fourth-order valence-corrected chi connectivity index (χ4v) is 3.01. The quantitative estimate of drug-likeness (QED) is 0.667. The minimum atomic E-state index is -0.708. The molecule has 0 spiro atoms. The Kier molecular flexibility index (Phi) is 3.50. The third-order valence-electron chi connectivity index (χ3n) is 4.08. The second kappa shape index (κ2) is 4.72. The third-order valence-corrected chi connectivity index (χ3v) is 4.08. The van der Waals surface area contributed by atoms with Gasteiger partial charge in [0.05, 0.1) is 0 Å². The van der Waals surface area contributed by atoms with Crippen LogP contribution in [0.4, 0.5) is 0 Å². The van der Waals surface area contributed by atoms with E-state index in [0.29, 0.717) is 5.92 Å². The van der Waals surface area contributed by atoms with Crippen molar-refractivity contribution in [3.63, 3.8) is 0 Å². The van der Waals surface area contributed by atoms with E-state index in [9.17, 15) is 4.79 Å². The fourth-order valence-electron chi connectivity index (χ4n) is 3.01. The SMILES string of the molecule is CC1(C(=O)O)CC(CC2CCNCC2)CN1. The molecule has 4 nitrogen and oxygen atoms in total. The summed E-state index contributed by atoms with van der Waals surface area (Å²) in [4.78, 5) is 11.1. The number of hydrogen-bond donors (Lipinski definition) is 3. The van der Waals surface area contributed by atoms with E-state index in [2.05, 4.69) is 10.6 Å². The van der Waals surface area contributed by atoms with Crippen molar-refractivity contribution >= 4 is 5.97 Å². The Bertz CT molecular complexity index is 264. The molecule has 0 saturated carbocycles. The van der Waals surface area contributed by atoms with E-state index in [4.69, 9.17) is 5.11 Å². The van der Waals surface area contributed by atoms with Crippen LogP contribution in [0.2, 0.25) is 0 Å². The normalized spacial score (nSPS) is 36.4. The molecule has 3 N–H and O–H groups in total. The zero-order valence-corrected chi connectivity index (χ0v) is 9.96. The summed E-state index contributed by atoms with van der Waals surface area (Å²) in [6.07, 6.45) is 4.48. The van der Waals surface area contributed by atoms with Gasteiger partial charge in [0.1, 0.15) is 5.54 Å². The molecule has 0 aliphatic carbocycles. The lowest BCUT2D eigenvalue weighted by Gasteiger charge is -2.25. The molecule has 0 bridgehead atoms. The van der Waals surface area contributed by atoms with Gasteiger partial charge in [-0.1, -0.05) is 0 Å². The average molecular weight is 226 g/mol. The first kappa shape index (κ1) is 11.9. The Hall–Kier alpha value is -0.610. The maximum atomic E-state index is 11.1. The predicted molar refractivity (Wildman–Crippen MR) is 62.4 cm³/mol. The molecule has 0 aromatic carbocycles. The molecule has 0 aromatic rings. The highest BCUT2D eigenvalue weighted by Crippen LogP contribution is 2.31. The van der Waals surface area contributed by atoms with Gasteiger partial charge in [-0.25, -0.2) is 0 Å². The van der Waals surface area contributed by atoms with Gasteiger partial charge in [0.25, 0.3) is 0 Å². The average Bonchev–Trinajstić information content (AvgIpc) is 2.63. The first-order valence-electron chi connectivity index (χ1n) is 6.29. The number of hydrogen-bond acceptors (Lipinski definition) is 3. The summed E-state index contributed by atoms with van der Waals surface area (Å²) >= 11 is 0. The van der Waals surface area contributed by atoms with Crippen LogP contribution in [0.1, 0.15) is 32.6 Å². The van der Waals surface area contributed by atoms with E-state index < -0.39 is 11.5 Å². The van der Waals surface area contributed by atoms with Crippen LogP contribution < -0.4 is 10.6 Å². The van der Waals surface area contributed by atoms with Gasteiger partial charge in [0.2, 0.25) is 0 Å². The Labute approximate surface area is 96.8 Å². The van der Waals surface area contributed by atoms with E-state index in [0.717, 1.165) is 32.0 Å². The van der Waals surface area contributed by atoms with Gasteiger partial charge in [-0.05, 0) is 64.1 Å². The molecule has 2 fully saturated rings. The van der Waals surface area contributed by atoms with Crippen LogP contribution in [0.25, 0.3) is 0 Å². The Morgan fingerprint density at radius 2 is 2.06 bits per heavy atom. The van der Waals surface area contributed by atoms with Gasteiger partial charge in [0.15, 0.2) is 0 Å². The molecule has 0 amide bonds. The topological polar surface area (TPSA) is 61.4 Å². The molecular formula is C12H22N2O2. The smallest absolute Gasteiger partial charge is 0.323 e. The summed E-state index contributed by atoms with van der Waals surface area (Å²) in [5.41, 5.74) is -0.683. The van der Waals surface area contributed by atoms with Crippen LogP contribution in [0.3, 0.4) is 0 Å². The molecule has 2 saturated heterocycles. The minimum absolute atomic E-state index is 0.546. The van der Waals surface area contributed by atoms with E-state index >= 15 is 0 Å². The monoisotopic (exact) mass is 226 g/mol. The Balaban J connectivity index is 1.82. The number of piperidine rings is 1. The number of nitrogens with one attached hydrogen (secondary N) is 2. The number of carbonyl (C=O) groups is 1. The van der Waals surface area contributed by atoms with Crippen molar-refractivity contribution in [2.24, 2.45) is 11.8 Å². The van der Waals surface area contributed by atoms with E-state index in [-0.39, 0.29) is 0 Å². The lowest BCUT2D eigenvalue weighted by Crippen LogP contribution is -2.44. The molecule has 2 rings (SSSR count). The molecule has 16 heavy (non-hydrogen) atoms. The standard InChI is InChI=1S/C12H22N2O2/c1-12(11(15)16)7-10(8-14-12)6-9-2-4-13-5-3-9/h9-10,13-14H,2-8H2,1H3,(H,15,16). The number of carboxylic acids is 1. The van der Waals surface area contributed by atoms with Crippen LogP contribution in [0.5, 0.6) is 0 Å². The summed E-state index contributed by atoms with van der Waals surface area (Å²) in [6, 6.07) is 0. The highest BCUT2D eigenvalue weighted by molar-refractivity contribution is 5.78. The van der Waals surface area contributed by atoms with Crippen molar-refractivity contribution in [3.05, 3.63) is 0 Å². The Morgan fingerprint density at radius 1 is 1.38 bits per heavy atom. The summed E-state index contributed by atoms with van der Waals surface area (Å²) in [5, 5.41) is 15.6. The van der Waals surface area contributed by atoms with Gasteiger partial charge in [-0.3, -0.25) is 4.79 Å². The molecule has 0 radical (unpaired) electrons. The van der Waals surface area contributed by atoms with Gasteiger partial charge in [-0.15, -0.1) is 0 Å². The van der Waals surface area contributed by atoms with E-state index in [1.807, 2.05) is 0 Å². The summed E-state index contributed by atoms with van der Waals surface area (Å²) in [6.45, 7) is 4.92. The number of aliphatic carboxylic acids is 1. The van der Waals surface area contributed by atoms with Crippen molar-refractivity contribution in [1.29, 1.82) is 0 Å². The first-order chi connectivity index (χ1) is 7.60. The zero-order valence-electron chi connectivity index (χ0n) is 9.96. The fraction of sp³-hybridized carbons (Fsp3) is 0.917. The van der Waals surface area contributed by atoms with Gasteiger partial charge in [-0.2, -0.15) is 0 Å². The van der Waals surface area contributed by atoms with Crippen molar-refractivity contribution in [1.82, 2.24) is 10.6 Å². The molecule has 2 atom stereocenters. The third kappa shape index (κ3) is 2.55. The lowest BCUT2D eigenvalue weighted by molar-refractivity contribution is -0.143. The van der Waals surface area contributed by atoms with Gasteiger partial charge < -0.3 is 15.7 Å². The predicted octanol–water partition coefficient (Wildman–Crippen LogP) is 0.829. The molecule has 4 heteroatoms. The molecule has 0 aromatic heterocycles. The lowest BCUT2D eigenvalue weighted by atomic mass is 9.84. The van der Waals surface area contributed by atoms with Crippen molar-refractivity contribution in [2.45, 2.75) is 38.1 Å². The van der Waals surface area contributed by atoms with Gasteiger partial charge in [0, 0.05) is 0 Å². The van der Waals surface area contributed by atoms with Crippen molar-refractivity contribution in [2.75, 3.05) is 19.6 Å². The van der Waals surface area contributed by atoms with Crippen LogP contribution in [0.15, 0.2) is 0 Å². The maximum absolute atomic E-state index is 11.1. The Morgan fingerprint density at radius 3 is 2.62 bits per heavy atom. The summed E-state index contributed by atoms with van der Waals surface area (Å²) in [5.74, 6) is 0.633. The van der Waals surface area contributed by atoms with Crippen LogP contribution in [-0.4, -0.2) is 36.2 Å². The van der Waals surface area contributed by atoms with Crippen LogP contribution >= 0.6 is 0 Å². The van der Waals surface area contributed by atoms with E-state index in [1.54, 1.807) is 6.92 Å².